The van der Waals surface area contributed by atoms with E-state index in [0.717, 1.165) is 22.4 Å². The van der Waals surface area contributed by atoms with E-state index >= 15 is 0 Å². The maximum absolute atomic E-state index is 13.7. The van der Waals surface area contributed by atoms with Crippen molar-refractivity contribution in [2.45, 2.75) is 24.8 Å². The summed E-state index contributed by atoms with van der Waals surface area (Å²) in [6.07, 6.45) is 0. The molecule has 0 amide bonds. The largest absolute Gasteiger partial charge is 0.454 e. The van der Waals surface area contributed by atoms with Gasteiger partial charge in [-0.05, 0) is 37.6 Å². The third-order valence-electron chi connectivity index (χ3n) is 5.76. The Bertz CT molecular complexity index is 1640. The van der Waals surface area contributed by atoms with Crippen LogP contribution in [0.2, 0.25) is 0 Å². The van der Waals surface area contributed by atoms with Gasteiger partial charge in [-0.15, -0.1) is 0 Å². The minimum Gasteiger partial charge on any atom is -0.454 e. The number of aryl methyl sites for hydroxylation is 2. The van der Waals surface area contributed by atoms with Crippen molar-refractivity contribution in [3.8, 4) is 28.6 Å². The fourth-order valence-electron chi connectivity index (χ4n) is 4.02. The van der Waals surface area contributed by atoms with Gasteiger partial charge in [0.2, 0.25) is 18.5 Å². The number of nitrogens with zero attached hydrogens (tertiary/aromatic N) is 4. The zero-order valence-corrected chi connectivity index (χ0v) is 19.8. The molecule has 174 valence electrons. The summed E-state index contributed by atoms with van der Waals surface area (Å²) in [5.41, 5.74) is 4.08. The van der Waals surface area contributed by atoms with Crippen molar-refractivity contribution in [3.05, 3.63) is 88.0 Å². The first-order valence-electron chi connectivity index (χ1n) is 11.0. The highest BCUT2D eigenvalue weighted by Gasteiger charge is 2.21. The summed E-state index contributed by atoms with van der Waals surface area (Å²) in [6, 6.07) is 19.1. The van der Waals surface area contributed by atoms with Crippen molar-refractivity contribution in [1.29, 1.82) is 0 Å². The van der Waals surface area contributed by atoms with E-state index < -0.39 is 0 Å². The van der Waals surface area contributed by atoms with Gasteiger partial charge in [0.25, 0.3) is 5.56 Å². The van der Waals surface area contributed by atoms with Crippen LogP contribution in [0.4, 0.5) is 0 Å². The lowest BCUT2D eigenvalue weighted by Crippen LogP contribution is -2.22. The Morgan fingerprint density at radius 3 is 2.63 bits per heavy atom. The number of fused-ring (bicyclic) bond motifs is 2. The number of rotatable bonds is 5. The molecule has 3 heterocycles. The molecule has 0 fully saturated rings. The van der Waals surface area contributed by atoms with Gasteiger partial charge in [0.05, 0.1) is 22.3 Å². The van der Waals surface area contributed by atoms with Gasteiger partial charge in [0.1, 0.15) is 0 Å². The first kappa shape index (κ1) is 21.4. The molecule has 9 heteroatoms. The van der Waals surface area contributed by atoms with Crippen LogP contribution < -0.4 is 15.0 Å². The molecule has 0 bridgehead atoms. The smallest absolute Gasteiger partial charge is 0.266 e. The van der Waals surface area contributed by atoms with Crippen LogP contribution in [0.1, 0.15) is 17.0 Å². The first-order chi connectivity index (χ1) is 17.1. The normalized spacial score (nSPS) is 12.4. The second kappa shape index (κ2) is 8.59. The fraction of sp³-hybridized carbons (Fsp3) is 0.154. The number of aromatic nitrogens is 4. The van der Waals surface area contributed by atoms with Crippen molar-refractivity contribution in [3.63, 3.8) is 0 Å². The SMILES string of the molecule is Cc1cccc(-c2noc(CSc3nc4cc5c(cc4c(=O)n3-c3ccccc3C)OCO5)n2)c1. The van der Waals surface area contributed by atoms with Gasteiger partial charge < -0.3 is 14.0 Å². The third kappa shape index (κ3) is 3.93. The Labute approximate surface area is 204 Å². The highest BCUT2D eigenvalue weighted by Crippen LogP contribution is 2.36. The Kier molecular flexibility index (Phi) is 5.26. The fourth-order valence-corrected chi connectivity index (χ4v) is 4.86. The minimum atomic E-state index is -0.184. The Balaban J connectivity index is 1.41. The number of hydrogen-bond acceptors (Lipinski definition) is 8. The Hall–Kier alpha value is -4.11. The molecule has 1 aliphatic rings. The van der Waals surface area contributed by atoms with Crippen LogP contribution >= 0.6 is 11.8 Å². The van der Waals surface area contributed by atoms with Crippen LogP contribution in [0, 0.1) is 13.8 Å². The third-order valence-corrected chi connectivity index (χ3v) is 6.68. The molecular weight excluding hydrogens is 464 g/mol. The molecule has 0 radical (unpaired) electrons. The lowest BCUT2D eigenvalue weighted by atomic mass is 10.1. The molecule has 0 saturated heterocycles. The summed E-state index contributed by atoms with van der Waals surface area (Å²) in [7, 11) is 0. The van der Waals surface area contributed by atoms with Crippen LogP contribution in [-0.4, -0.2) is 26.5 Å². The van der Waals surface area contributed by atoms with Crippen molar-refractivity contribution in [2.75, 3.05) is 6.79 Å². The molecule has 0 atom stereocenters. The monoisotopic (exact) mass is 484 g/mol. The second-order valence-corrected chi connectivity index (χ2v) is 9.16. The molecule has 0 saturated carbocycles. The predicted octanol–water partition coefficient (Wildman–Crippen LogP) is 5.07. The summed E-state index contributed by atoms with van der Waals surface area (Å²) in [5.74, 6) is 2.45. The van der Waals surface area contributed by atoms with E-state index in [0.29, 0.717) is 45.0 Å². The summed E-state index contributed by atoms with van der Waals surface area (Å²) < 4.78 is 18.1. The number of para-hydroxylation sites is 1. The molecule has 6 rings (SSSR count). The van der Waals surface area contributed by atoms with E-state index in [2.05, 4.69) is 10.1 Å². The van der Waals surface area contributed by atoms with Gasteiger partial charge in [-0.1, -0.05) is 58.9 Å². The quantitative estimate of drug-likeness (QED) is 0.252. The van der Waals surface area contributed by atoms with Crippen molar-refractivity contribution < 1.29 is 14.0 Å². The van der Waals surface area contributed by atoms with Gasteiger partial charge in [-0.3, -0.25) is 9.36 Å². The Morgan fingerprint density at radius 1 is 0.971 bits per heavy atom. The standard InChI is InChI=1S/C26H20N4O4S/c1-15-6-5-8-17(10-15)24-28-23(34-29-24)13-35-26-27-19-12-22-21(32-14-33-22)11-18(19)25(31)30(26)20-9-4-3-7-16(20)2/h3-12H,13-14H2,1-2H3. The average Bonchev–Trinajstić information content (AvgIpc) is 3.52. The van der Waals surface area contributed by atoms with Crippen molar-refractivity contribution >= 4 is 22.7 Å². The van der Waals surface area contributed by atoms with Crippen molar-refractivity contribution in [1.82, 2.24) is 19.7 Å². The van der Waals surface area contributed by atoms with Crippen molar-refractivity contribution in [2.24, 2.45) is 0 Å². The van der Waals surface area contributed by atoms with Crippen LogP contribution in [0.25, 0.3) is 28.0 Å². The highest BCUT2D eigenvalue weighted by atomic mass is 32.2. The molecule has 0 N–H and O–H groups in total. The molecule has 35 heavy (non-hydrogen) atoms. The van der Waals surface area contributed by atoms with E-state index in [9.17, 15) is 4.79 Å². The summed E-state index contributed by atoms with van der Waals surface area (Å²) in [5, 5.41) is 5.10. The molecular formula is C26H20N4O4S. The van der Waals surface area contributed by atoms with Gasteiger partial charge in [0, 0.05) is 11.6 Å². The van der Waals surface area contributed by atoms with Gasteiger partial charge in [-0.2, -0.15) is 4.98 Å². The molecule has 0 spiro atoms. The van der Waals surface area contributed by atoms with E-state index in [4.69, 9.17) is 19.0 Å². The second-order valence-electron chi connectivity index (χ2n) is 8.21. The number of ether oxygens (including phenoxy) is 2. The van der Waals surface area contributed by atoms with E-state index in [1.807, 2.05) is 62.4 Å². The topological polar surface area (TPSA) is 92.3 Å². The molecule has 1 aliphatic heterocycles. The Morgan fingerprint density at radius 2 is 1.80 bits per heavy atom. The maximum Gasteiger partial charge on any atom is 0.266 e. The summed E-state index contributed by atoms with van der Waals surface area (Å²) >= 11 is 1.36. The van der Waals surface area contributed by atoms with Crippen LogP contribution in [0.5, 0.6) is 11.5 Å². The zero-order valence-electron chi connectivity index (χ0n) is 19.0. The molecule has 3 aromatic carbocycles. The zero-order chi connectivity index (χ0) is 23.9. The van der Waals surface area contributed by atoms with Gasteiger partial charge >= 0.3 is 0 Å². The lowest BCUT2D eigenvalue weighted by molar-refractivity contribution is 0.174. The first-order valence-corrected chi connectivity index (χ1v) is 12.0. The maximum atomic E-state index is 13.7. The van der Waals surface area contributed by atoms with Gasteiger partial charge in [-0.25, -0.2) is 4.98 Å². The molecule has 0 aliphatic carbocycles. The van der Waals surface area contributed by atoms with Gasteiger partial charge in [0.15, 0.2) is 16.7 Å². The molecule has 5 aromatic rings. The van der Waals surface area contributed by atoms with Crippen LogP contribution in [0.3, 0.4) is 0 Å². The number of thioether (sulfide) groups is 1. The average molecular weight is 485 g/mol. The minimum absolute atomic E-state index is 0.125. The molecule has 0 unspecified atom stereocenters. The van der Waals surface area contributed by atoms with E-state index in [-0.39, 0.29) is 12.4 Å². The molecule has 8 nitrogen and oxygen atoms in total. The van der Waals surface area contributed by atoms with E-state index in [1.165, 1.54) is 11.8 Å². The summed E-state index contributed by atoms with van der Waals surface area (Å²) in [4.78, 5) is 23.1. The van der Waals surface area contributed by atoms with Crippen LogP contribution in [-0.2, 0) is 5.75 Å². The summed E-state index contributed by atoms with van der Waals surface area (Å²) in [6.45, 7) is 4.11. The number of benzene rings is 3. The number of hydrogen-bond donors (Lipinski definition) is 0. The lowest BCUT2D eigenvalue weighted by Gasteiger charge is -2.15. The van der Waals surface area contributed by atoms with E-state index in [1.54, 1.807) is 16.7 Å². The molecule has 2 aromatic heterocycles. The van der Waals surface area contributed by atoms with Crippen LogP contribution in [0.15, 0.2) is 75.1 Å². The highest BCUT2D eigenvalue weighted by molar-refractivity contribution is 7.98. The predicted molar refractivity (Wildman–Crippen MR) is 132 cm³/mol.